The quantitative estimate of drug-likeness (QED) is 0.879. The Hall–Kier alpha value is -1.56. The maximum Gasteiger partial charge on any atom is 0.320 e. The van der Waals surface area contributed by atoms with Gasteiger partial charge in [0.05, 0.1) is 5.69 Å². The number of carbonyl (C=O) groups is 1. The van der Waals surface area contributed by atoms with E-state index in [2.05, 4.69) is 34.5 Å². The smallest absolute Gasteiger partial charge is 0.320 e. The number of nitrogens with zero attached hydrogens (tertiary/aromatic N) is 3. The summed E-state index contributed by atoms with van der Waals surface area (Å²) >= 11 is 0. The van der Waals surface area contributed by atoms with Gasteiger partial charge in [-0.2, -0.15) is 5.10 Å². The van der Waals surface area contributed by atoms with Gasteiger partial charge in [-0.1, -0.05) is 0 Å². The van der Waals surface area contributed by atoms with Crippen molar-refractivity contribution in [2.24, 2.45) is 13.0 Å². The molecule has 0 aliphatic carbocycles. The van der Waals surface area contributed by atoms with Crippen LogP contribution in [0.2, 0.25) is 0 Å². The van der Waals surface area contributed by atoms with Crippen LogP contribution in [0.25, 0.3) is 0 Å². The summed E-state index contributed by atoms with van der Waals surface area (Å²) in [5.74, 6) is 1.27. The molecule has 1 aliphatic heterocycles. The zero-order valence-electron chi connectivity index (χ0n) is 12.8. The maximum atomic E-state index is 11.9. The van der Waals surface area contributed by atoms with Gasteiger partial charge in [-0.3, -0.25) is 10.00 Å². The highest BCUT2D eigenvalue weighted by Crippen LogP contribution is 2.17. The Balaban J connectivity index is 1.75. The zero-order valence-corrected chi connectivity index (χ0v) is 12.8. The van der Waals surface area contributed by atoms with Crippen LogP contribution in [-0.2, 0) is 7.05 Å². The number of likely N-dealkylation sites (tertiary alicyclic amines) is 1. The fourth-order valence-electron chi connectivity index (χ4n) is 2.62. The van der Waals surface area contributed by atoms with E-state index in [1.807, 2.05) is 20.0 Å². The summed E-state index contributed by atoms with van der Waals surface area (Å²) in [5.41, 5.74) is 0.895. The van der Waals surface area contributed by atoms with Gasteiger partial charge in [0.25, 0.3) is 0 Å². The second-order valence-electron chi connectivity index (χ2n) is 5.87. The lowest BCUT2D eigenvalue weighted by molar-refractivity contribution is 0.247. The molecule has 1 atom stereocenters. The average Bonchev–Trinajstić information content (AvgIpc) is 2.94. The standard InChI is InChI=1S/C14H25N5O/c1-10(2)19-6-5-12(9-19)8-15-14(20)16-13-7-11(3)17-18(13)4/h7,10,12H,5-6,8-9H2,1-4H3,(H2,15,16,20)/t12-/m1/s1. The molecule has 0 radical (unpaired) electrons. The molecule has 6 heteroatoms. The van der Waals surface area contributed by atoms with E-state index in [1.54, 1.807) is 4.68 Å². The molecule has 1 aromatic heterocycles. The lowest BCUT2D eigenvalue weighted by Crippen LogP contribution is -2.35. The van der Waals surface area contributed by atoms with Gasteiger partial charge < -0.3 is 10.2 Å². The minimum absolute atomic E-state index is 0.156. The Labute approximate surface area is 120 Å². The van der Waals surface area contributed by atoms with Crippen LogP contribution in [0.4, 0.5) is 10.6 Å². The van der Waals surface area contributed by atoms with E-state index in [9.17, 15) is 4.79 Å². The summed E-state index contributed by atoms with van der Waals surface area (Å²) in [7, 11) is 1.82. The summed E-state index contributed by atoms with van der Waals surface area (Å²) < 4.78 is 1.67. The second kappa shape index (κ2) is 6.26. The van der Waals surface area contributed by atoms with Crippen LogP contribution in [-0.4, -0.2) is 46.4 Å². The molecule has 2 amide bonds. The fourth-order valence-corrected chi connectivity index (χ4v) is 2.62. The number of nitrogens with one attached hydrogen (secondary N) is 2. The molecule has 2 N–H and O–H groups in total. The van der Waals surface area contributed by atoms with Gasteiger partial charge in [0.2, 0.25) is 0 Å². The summed E-state index contributed by atoms with van der Waals surface area (Å²) in [5, 5.41) is 9.98. The van der Waals surface area contributed by atoms with E-state index in [1.165, 1.54) is 0 Å². The molecule has 1 fully saturated rings. The molecular weight excluding hydrogens is 254 g/mol. The van der Waals surface area contributed by atoms with E-state index in [0.29, 0.717) is 12.0 Å². The third-order valence-corrected chi connectivity index (χ3v) is 3.84. The minimum atomic E-state index is -0.156. The lowest BCUT2D eigenvalue weighted by atomic mass is 10.1. The molecule has 6 nitrogen and oxygen atoms in total. The van der Waals surface area contributed by atoms with Crippen molar-refractivity contribution in [2.75, 3.05) is 25.0 Å². The molecule has 20 heavy (non-hydrogen) atoms. The number of aryl methyl sites for hydroxylation is 2. The van der Waals surface area contributed by atoms with Crippen LogP contribution in [0.3, 0.4) is 0 Å². The van der Waals surface area contributed by atoms with Crippen LogP contribution < -0.4 is 10.6 Å². The van der Waals surface area contributed by atoms with Gasteiger partial charge in [-0.15, -0.1) is 0 Å². The summed E-state index contributed by atoms with van der Waals surface area (Å²) in [4.78, 5) is 14.3. The molecule has 1 saturated heterocycles. The number of aromatic nitrogens is 2. The van der Waals surface area contributed by atoms with Gasteiger partial charge in [0.1, 0.15) is 5.82 Å². The predicted molar refractivity (Wildman–Crippen MR) is 79.8 cm³/mol. The van der Waals surface area contributed by atoms with E-state index < -0.39 is 0 Å². The van der Waals surface area contributed by atoms with Gasteiger partial charge >= 0.3 is 6.03 Å². The maximum absolute atomic E-state index is 11.9. The van der Waals surface area contributed by atoms with Crippen LogP contribution in [0.5, 0.6) is 0 Å². The first-order valence-electron chi connectivity index (χ1n) is 7.25. The first-order valence-corrected chi connectivity index (χ1v) is 7.25. The van der Waals surface area contributed by atoms with Gasteiger partial charge in [-0.25, -0.2) is 4.79 Å². The number of rotatable bonds is 4. The van der Waals surface area contributed by atoms with Crippen molar-refractivity contribution in [2.45, 2.75) is 33.2 Å². The van der Waals surface area contributed by atoms with E-state index >= 15 is 0 Å². The van der Waals surface area contributed by atoms with Crippen molar-refractivity contribution in [3.8, 4) is 0 Å². The van der Waals surface area contributed by atoms with Crippen LogP contribution >= 0.6 is 0 Å². The highest BCUT2D eigenvalue weighted by atomic mass is 16.2. The molecule has 0 bridgehead atoms. The summed E-state index contributed by atoms with van der Waals surface area (Å²) in [6, 6.07) is 2.29. The molecule has 0 saturated carbocycles. The SMILES string of the molecule is Cc1cc(NC(=O)NC[C@H]2CCN(C(C)C)C2)n(C)n1. The second-order valence-corrected chi connectivity index (χ2v) is 5.87. The van der Waals surface area contributed by atoms with Gasteiger partial charge in [-0.05, 0) is 39.7 Å². The van der Waals surface area contributed by atoms with E-state index in [-0.39, 0.29) is 6.03 Å². The van der Waals surface area contributed by atoms with Crippen LogP contribution in [0, 0.1) is 12.8 Å². The fraction of sp³-hybridized carbons (Fsp3) is 0.714. The Morgan fingerprint density at radius 2 is 2.30 bits per heavy atom. The highest BCUT2D eigenvalue weighted by molar-refractivity contribution is 5.88. The molecule has 0 aromatic carbocycles. The number of urea groups is 1. The molecule has 2 rings (SSSR count). The number of amides is 2. The third-order valence-electron chi connectivity index (χ3n) is 3.84. The van der Waals surface area contributed by atoms with Crippen molar-refractivity contribution < 1.29 is 4.79 Å². The number of hydrogen-bond acceptors (Lipinski definition) is 3. The number of anilines is 1. The lowest BCUT2D eigenvalue weighted by Gasteiger charge is -2.20. The molecule has 0 unspecified atom stereocenters. The Kier molecular flexibility index (Phi) is 4.65. The summed E-state index contributed by atoms with van der Waals surface area (Å²) in [6.45, 7) is 9.27. The summed E-state index contributed by atoms with van der Waals surface area (Å²) in [6.07, 6.45) is 1.16. The molecule has 0 spiro atoms. The molecule has 112 valence electrons. The molecule has 1 aromatic rings. The van der Waals surface area contributed by atoms with Crippen molar-refractivity contribution in [1.29, 1.82) is 0 Å². The van der Waals surface area contributed by atoms with Crippen molar-refractivity contribution in [3.63, 3.8) is 0 Å². The molecule has 1 aliphatic rings. The Bertz CT molecular complexity index is 468. The third kappa shape index (κ3) is 3.72. The normalized spacial score (nSPS) is 19.6. The van der Waals surface area contributed by atoms with Gasteiger partial charge in [0, 0.05) is 32.2 Å². The van der Waals surface area contributed by atoms with Crippen molar-refractivity contribution >= 4 is 11.8 Å². The molecular formula is C14H25N5O. The monoisotopic (exact) mass is 279 g/mol. The Morgan fingerprint density at radius 3 is 2.85 bits per heavy atom. The first-order chi connectivity index (χ1) is 9.45. The minimum Gasteiger partial charge on any atom is -0.338 e. The van der Waals surface area contributed by atoms with Crippen LogP contribution in [0.1, 0.15) is 26.0 Å². The van der Waals surface area contributed by atoms with Crippen LogP contribution in [0.15, 0.2) is 6.07 Å². The predicted octanol–water partition coefficient (Wildman–Crippen LogP) is 1.58. The van der Waals surface area contributed by atoms with E-state index in [0.717, 1.165) is 37.6 Å². The largest absolute Gasteiger partial charge is 0.338 e. The zero-order chi connectivity index (χ0) is 14.7. The molecule has 2 heterocycles. The number of carbonyl (C=O) groups excluding carboxylic acids is 1. The van der Waals surface area contributed by atoms with Gasteiger partial charge in [0.15, 0.2) is 0 Å². The number of hydrogen-bond donors (Lipinski definition) is 2. The van der Waals surface area contributed by atoms with Crippen molar-refractivity contribution in [1.82, 2.24) is 20.0 Å². The van der Waals surface area contributed by atoms with E-state index in [4.69, 9.17) is 0 Å². The highest BCUT2D eigenvalue weighted by Gasteiger charge is 2.24. The Morgan fingerprint density at radius 1 is 1.55 bits per heavy atom. The first kappa shape index (κ1) is 14.8. The van der Waals surface area contributed by atoms with Crippen molar-refractivity contribution in [3.05, 3.63) is 11.8 Å². The average molecular weight is 279 g/mol. The topological polar surface area (TPSA) is 62.2 Å².